The largest absolute Gasteiger partial charge is 0.464 e. The molecule has 1 saturated carbocycles. The van der Waals surface area contributed by atoms with Gasteiger partial charge in [0.15, 0.2) is 6.29 Å². The third-order valence-electron chi connectivity index (χ3n) is 3.71. The number of hydrogen-bond donors (Lipinski definition) is 0. The Morgan fingerprint density at radius 3 is 2.62 bits per heavy atom. The Kier molecular flexibility index (Phi) is 5.66. The van der Waals surface area contributed by atoms with Gasteiger partial charge in [0.25, 0.3) is 0 Å². The average molecular weight is 291 g/mol. The predicted molar refractivity (Wildman–Crippen MR) is 78.2 cm³/mol. The summed E-state index contributed by atoms with van der Waals surface area (Å²) in [6, 6.07) is 0. The second kappa shape index (κ2) is 7.71. The molecule has 1 aliphatic carbocycles. The molecule has 1 aromatic rings. The summed E-state index contributed by atoms with van der Waals surface area (Å²) in [4.78, 5) is 32.0. The maximum atomic E-state index is 11.8. The van der Waals surface area contributed by atoms with Gasteiger partial charge in [0.2, 0.25) is 5.95 Å². The molecule has 0 bridgehead atoms. The number of hydrogen-bond acceptors (Lipinski definition) is 6. The molecule has 0 radical (unpaired) electrons. The molecule has 2 rings (SSSR count). The van der Waals surface area contributed by atoms with Crippen LogP contribution in [0.25, 0.3) is 0 Å². The highest BCUT2D eigenvalue weighted by Crippen LogP contribution is 2.23. The molecular weight excluding hydrogens is 270 g/mol. The molecule has 1 heterocycles. The highest BCUT2D eigenvalue weighted by Gasteiger charge is 2.17. The van der Waals surface area contributed by atoms with Gasteiger partial charge in [-0.15, -0.1) is 0 Å². The van der Waals surface area contributed by atoms with E-state index >= 15 is 0 Å². The van der Waals surface area contributed by atoms with Crippen LogP contribution in [0.3, 0.4) is 0 Å². The minimum absolute atomic E-state index is 0.104. The smallest absolute Gasteiger partial charge is 0.325 e. The maximum absolute atomic E-state index is 11.8. The predicted octanol–water partition coefficient (Wildman–Crippen LogP) is 1.85. The molecule has 1 aromatic heterocycles. The quantitative estimate of drug-likeness (QED) is 0.588. The molecule has 114 valence electrons. The third-order valence-corrected chi connectivity index (χ3v) is 3.71. The molecule has 0 spiro atoms. The molecule has 0 aromatic carbocycles. The van der Waals surface area contributed by atoms with Gasteiger partial charge in [-0.1, -0.05) is 19.3 Å². The van der Waals surface area contributed by atoms with Crippen LogP contribution in [0.15, 0.2) is 12.4 Å². The first-order valence-electron chi connectivity index (χ1n) is 7.33. The Bertz CT molecular complexity index is 470. The molecule has 0 unspecified atom stereocenters. The van der Waals surface area contributed by atoms with Crippen molar-refractivity contribution in [1.82, 2.24) is 9.97 Å². The Morgan fingerprint density at radius 1 is 1.33 bits per heavy atom. The Morgan fingerprint density at radius 2 is 2.00 bits per heavy atom. The first-order valence-corrected chi connectivity index (χ1v) is 7.33. The van der Waals surface area contributed by atoms with Gasteiger partial charge in [-0.3, -0.25) is 9.59 Å². The van der Waals surface area contributed by atoms with Crippen molar-refractivity contribution < 1.29 is 14.3 Å². The van der Waals surface area contributed by atoms with Crippen molar-refractivity contribution in [3.05, 3.63) is 18.0 Å². The van der Waals surface area contributed by atoms with E-state index in [2.05, 4.69) is 9.97 Å². The molecule has 6 nitrogen and oxygen atoms in total. The van der Waals surface area contributed by atoms with E-state index in [0.717, 1.165) is 12.8 Å². The Balaban J connectivity index is 1.76. The first-order chi connectivity index (χ1) is 10.2. The number of anilines is 1. The van der Waals surface area contributed by atoms with E-state index in [9.17, 15) is 9.59 Å². The fraction of sp³-hybridized carbons (Fsp3) is 0.600. The van der Waals surface area contributed by atoms with E-state index in [-0.39, 0.29) is 12.5 Å². The van der Waals surface area contributed by atoms with Gasteiger partial charge in [0, 0.05) is 19.4 Å². The first kappa shape index (κ1) is 15.4. The van der Waals surface area contributed by atoms with Crippen LogP contribution in [-0.2, 0) is 9.53 Å². The van der Waals surface area contributed by atoms with Gasteiger partial charge in [-0.05, 0) is 18.8 Å². The molecule has 21 heavy (non-hydrogen) atoms. The summed E-state index contributed by atoms with van der Waals surface area (Å²) in [6.45, 7) is 0.616. The zero-order chi connectivity index (χ0) is 15.1. The molecule has 6 heteroatoms. The fourth-order valence-corrected chi connectivity index (χ4v) is 2.46. The van der Waals surface area contributed by atoms with Gasteiger partial charge in [0.05, 0.1) is 12.2 Å². The van der Waals surface area contributed by atoms with E-state index in [1.165, 1.54) is 31.7 Å². The van der Waals surface area contributed by atoms with Crippen molar-refractivity contribution >= 4 is 18.2 Å². The summed E-state index contributed by atoms with van der Waals surface area (Å²) in [5.41, 5.74) is 0.409. The summed E-state index contributed by atoms with van der Waals surface area (Å²) in [7, 11) is 1.72. The molecule has 0 amide bonds. The SMILES string of the molecule is CN(CC(=O)OCC1CCCCC1)c1ncc(C=O)cn1. The number of ether oxygens (including phenoxy) is 1. The van der Waals surface area contributed by atoms with E-state index in [1.54, 1.807) is 11.9 Å². The lowest BCUT2D eigenvalue weighted by Crippen LogP contribution is -2.30. The van der Waals surface area contributed by atoms with Crippen molar-refractivity contribution in [3.8, 4) is 0 Å². The third kappa shape index (κ3) is 4.81. The molecular formula is C15H21N3O3. The van der Waals surface area contributed by atoms with Crippen molar-refractivity contribution in [1.29, 1.82) is 0 Å². The van der Waals surface area contributed by atoms with Gasteiger partial charge in [-0.2, -0.15) is 0 Å². The minimum atomic E-state index is -0.272. The van der Waals surface area contributed by atoms with Gasteiger partial charge < -0.3 is 9.64 Å². The van der Waals surface area contributed by atoms with E-state index in [4.69, 9.17) is 4.74 Å². The van der Waals surface area contributed by atoms with Crippen molar-refractivity contribution in [3.63, 3.8) is 0 Å². The van der Waals surface area contributed by atoms with Gasteiger partial charge >= 0.3 is 5.97 Å². The number of carbonyl (C=O) groups excluding carboxylic acids is 2. The standard InChI is InChI=1S/C15H21N3O3/c1-18(15-16-7-13(10-19)8-17-15)9-14(20)21-11-12-5-3-2-4-6-12/h7-8,10,12H,2-6,9,11H2,1H3. The number of nitrogens with zero attached hydrogens (tertiary/aromatic N) is 3. The van der Waals surface area contributed by atoms with Crippen LogP contribution >= 0.6 is 0 Å². The highest BCUT2D eigenvalue weighted by molar-refractivity contribution is 5.75. The van der Waals surface area contributed by atoms with Crippen LogP contribution in [0, 0.1) is 5.92 Å². The minimum Gasteiger partial charge on any atom is -0.464 e. The van der Waals surface area contributed by atoms with E-state index in [0.29, 0.717) is 30.3 Å². The molecule has 0 aliphatic heterocycles. The number of esters is 1. The lowest BCUT2D eigenvalue weighted by molar-refractivity contribution is -0.143. The lowest BCUT2D eigenvalue weighted by Gasteiger charge is -2.22. The van der Waals surface area contributed by atoms with Crippen LogP contribution in [-0.4, -0.2) is 42.4 Å². The second-order valence-corrected chi connectivity index (χ2v) is 5.48. The zero-order valence-electron chi connectivity index (χ0n) is 12.3. The number of rotatable bonds is 6. The van der Waals surface area contributed by atoms with Crippen molar-refractivity contribution in [2.24, 2.45) is 5.92 Å². The Labute approximate surface area is 124 Å². The molecule has 1 fully saturated rings. The summed E-state index contributed by atoms with van der Waals surface area (Å²) >= 11 is 0. The average Bonchev–Trinajstić information content (AvgIpc) is 2.54. The summed E-state index contributed by atoms with van der Waals surface area (Å²) in [6.07, 6.45) is 9.61. The molecule has 0 N–H and O–H groups in total. The summed E-state index contributed by atoms with van der Waals surface area (Å²) in [5.74, 6) is 0.637. The zero-order valence-corrected chi connectivity index (χ0v) is 12.3. The number of likely N-dealkylation sites (N-methyl/N-ethyl adjacent to an activating group) is 1. The van der Waals surface area contributed by atoms with Crippen molar-refractivity contribution in [2.45, 2.75) is 32.1 Å². The van der Waals surface area contributed by atoms with E-state index in [1.807, 2.05) is 0 Å². The van der Waals surface area contributed by atoms with Gasteiger partial charge in [-0.25, -0.2) is 9.97 Å². The molecule has 0 atom stereocenters. The monoisotopic (exact) mass is 291 g/mol. The number of carbonyl (C=O) groups is 2. The van der Waals surface area contributed by atoms with Crippen LogP contribution < -0.4 is 4.90 Å². The van der Waals surface area contributed by atoms with E-state index < -0.39 is 0 Å². The Hall–Kier alpha value is -1.98. The maximum Gasteiger partial charge on any atom is 0.325 e. The van der Waals surface area contributed by atoms with Crippen LogP contribution in [0.5, 0.6) is 0 Å². The summed E-state index contributed by atoms with van der Waals surface area (Å²) < 4.78 is 5.33. The normalized spacial score (nSPS) is 15.5. The fourth-order valence-electron chi connectivity index (χ4n) is 2.46. The lowest BCUT2D eigenvalue weighted by atomic mass is 9.90. The van der Waals surface area contributed by atoms with Gasteiger partial charge in [0.1, 0.15) is 6.54 Å². The highest BCUT2D eigenvalue weighted by atomic mass is 16.5. The summed E-state index contributed by atoms with van der Waals surface area (Å²) in [5, 5.41) is 0. The second-order valence-electron chi connectivity index (χ2n) is 5.48. The molecule has 1 aliphatic rings. The topological polar surface area (TPSA) is 72.4 Å². The van der Waals surface area contributed by atoms with Crippen LogP contribution in [0.4, 0.5) is 5.95 Å². The molecule has 0 saturated heterocycles. The van der Waals surface area contributed by atoms with Crippen LogP contribution in [0.2, 0.25) is 0 Å². The number of aldehydes is 1. The van der Waals surface area contributed by atoms with Crippen molar-refractivity contribution in [2.75, 3.05) is 25.1 Å². The van der Waals surface area contributed by atoms with Crippen LogP contribution in [0.1, 0.15) is 42.5 Å². The number of aromatic nitrogens is 2.